The largest absolute Gasteiger partial charge is 0.417 e. The van der Waals surface area contributed by atoms with Gasteiger partial charge in [-0.1, -0.05) is 0 Å². The molecule has 2 rings (SSSR count). The molecule has 1 amide bonds. The van der Waals surface area contributed by atoms with Crippen LogP contribution < -0.4 is 4.90 Å². The Kier molecular flexibility index (Phi) is 4.43. The molecule has 0 N–H and O–H groups in total. The van der Waals surface area contributed by atoms with Gasteiger partial charge in [0.1, 0.15) is 11.7 Å². The van der Waals surface area contributed by atoms with Crippen molar-refractivity contribution in [2.24, 2.45) is 0 Å². The van der Waals surface area contributed by atoms with Gasteiger partial charge >= 0.3 is 6.18 Å². The second-order valence-corrected chi connectivity index (χ2v) is 5.09. The lowest BCUT2D eigenvalue weighted by atomic mass is 9.93. The van der Waals surface area contributed by atoms with E-state index >= 15 is 0 Å². The highest BCUT2D eigenvalue weighted by atomic mass is 19.4. The van der Waals surface area contributed by atoms with E-state index in [1.54, 1.807) is 0 Å². The van der Waals surface area contributed by atoms with E-state index in [9.17, 15) is 22.8 Å². The van der Waals surface area contributed by atoms with Gasteiger partial charge in [0.25, 0.3) is 0 Å². The third-order valence-corrected chi connectivity index (χ3v) is 3.63. The van der Waals surface area contributed by atoms with Crippen LogP contribution in [0.4, 0.5) is 18.9 Å². The summed E-state index contributed by atoms with van der Waals surface area (Å²) in [5, 5.41) is 8.96. The number of amides is 1. The first kappa shape index (κ1) is 17.0. The van der Waals surface area contributed by atoms with Gasteiger partial charge in [-0.05, 0) is 24.6 Å². The summed E-state index contributed by atoms with van der Waals surface area (Å²) in [6, 6.07) is 3.21. The predicted molar refractivity (Wildman–Crippen MR) is 73.8 cm³/mol. The number of Topliss-reactive ketones (excluding diaryl/α,β-unsaturated/α-hetero) is 1. The molecule has 0 spiro atoms. The number of anilines is 1. The number of ether oxygens (including phenoxy) is 1. The summed E-state index contributed by atoms with van der Waals surface area (Å²) in [6.45, 7) is 1.32. The summed E-state index contributed by atoms with van der Waals surface area (Å²) < 4.78 is 44.1. The van der Waals surface area contributed by atoms with Gasteiger partial charge < -0.3 is 9.64 Å². The van der Waals surface area contributed by atoms with Crippen molar-refractivity contribution in [3.8, 4) is 6.07 Å². The first-order chi connectivity index (χ1) is 10.7. The third-order valence-electron chi connectivity index (χ3n) is 3.63. The minimum atomic E-state index is -4.73. The van der Waals surface area contributed by atoms with Crippen molar-refractivity contribution in [3.05, 3.63) is 28.8 Å². The Labute approximate surface area is 130 Å². The van der Waals surface area contributed by atoms with Crippen LogP contribution in [0.3, 0.4) is 0 Å². The molecule has 1 aromatic rings. The number of benzene rings is 1. The maximum absolute atomic E-state index is 13.1. The van der Waals surface area contributed by atoms with Crippen molar-refractivity contribution in [1.82, 2.24) is 0 Å². The molecule has 0 aliphatic carbocycles. The fourth-order valence-corrected chi connectivity index (χ4v) is 2.61. The molecule has 0 bridgehead atoms. The molecule has 0 saturated heterocycles. The molecular weight excluding hydrogens is 313 g/mol. The minimum Gasteiger partial charge on any atom is -0.383 e. The molecule has 1 aromatic carbocycles. The number of hydrogen-bond donors (Lipinski definition) is 0. The van der Waals surface area contributed by atoms with E-state index in [0.29, 0.717) is 0 Å². The Morgan fingerprint density at radius 3 is 2.57 bits per heavy atom. The minimum absolute atomic E-state index is 0.00132. The molecule has 8 heteroatoms. The number of hydrogen-bond acceptors (Lipinski definition) is 4. The fraction of sp³-hybridized carbons (Fsp3) is 0.400. The number of nitriles is 1. The number of carbonyl (C=O) groups excluding carboxylic acids is 2. The maximum Gasteiger partial charge on any atom is 0.417 e. The molecule has 23 heavy (non-hydrogen) atoms. The summed E-state index contributed by atoms with van der Waals surface area (Å²) in [6.07, 6.45) is -4.73. The van der Waals surface area contributed by atoms with Crippen LogP contribution in [0.25, 0.3) is 0 Å². The van der Waals surface area contributed by atoms with Crippen molar-refractivity contribution in [2.45, 2.75) is 19.0 Å². The lowest BCUT2D eigenvalue weighted by Crippen LogP contribution is -2.33. The number of rotatable bonds is 4. The molecule has 1 atom stereocenters. The van der Waals surface area contributed by atoms with Crippen molar-refractivity contribution in [1.29, 1.82) is 5.26 Å². The van der Waals surface area contributed by atoms with Crippen LogP contribution >= 0.6 is 0 Å². The van der Waals surface area contributed by atoms with E-state index < -0.39 is 34.9 Å². The first-order valence-corrected chi connectivity index (χ1v) is 6.68. The monoisotopic (exact) mass is 326 g/mol. The van der Waals surface area contributed by atoms with Crippen molar-refractivity contribution >= 4 is 17.4 Å². The van der Waals surface area contributed by atoms with Crippen molar-refractivity contribution in [2.75, 3.05) is 25.2 Å². The third kappa shape index (κ3) is 2.92. The molecule has 0 fully saturated rings. The zero-order valence-corrected chi connectivity index (χ0v) is 12.4. The Morgan fingerprint density at radius 1 is 1.43 bits per heavy atom. The van der Waals surface area contributed by atoms with Crippen LogP contribution in [-0.4, -0.2) is 32.0 Å². The van der Waals surface area contributed by atoms with Gasteiger partial charge in [0.15, 0.2) is 0 Å². The Balaban J connectivity index is 2.66. The van der Waals surface area contributed by atoms with E-state index in [-0.39, 0.29) is 24.4 Å². The number of methoxy groups -OCH3 is 1. The fourth-order valence-electron chi connectivity index (χ4n) is 2.61. The zero-order chi connectivity index (χ0) is 17.4. The molecule has 1 aliphatic heterocycles. The van der Waals surface area contributed by atoms with Crippen molar-refractivity contribution in [3.63, 3.8) is 0 Å². The van der Waals surface area contributed by atoms with E-state index in [1.807, 2.05) is 0 Å². The number of ketones is 1. The normalized spacial score (nSPS) is 17.1. The van der Waals surface area contributed by atoms with Gasteiger partial charge in [-0.15, -0.1) is 0 Å². The molecular formula is C15H13F3N2O3. The van der Waals surface area contributed by atoms with Gasteiger partial charge in [0, 0.05) is 19.3 Å². The van der Waals surface area contributed by atoms with Crippen LogP contribution in [0.15, 0.2) is 12.1 Å². The number of alkyl halides is 3. The van der Waals surface area contributed by atoms with Crippen LogP contribution in [0.1, 0.15) is 29.5 Å². The maximum atomic E-state index is 13.1. The second-order valence-electron chi connectivity index (χ2n) is 5.09. The predicted octanol–water partition coefficient (Wildman–Crippen LogP) is 2.24. The number of fused-ring (bicyclic) bond motifs is 1. The van der Waals surface area contributed by atoms with Gasteiger partial charge in [0.2, 0.25) is 5.91 Å². The summed E-state index contributed by atoms with van der Waals surface area (Å²) >= 11 is 0. The smallest absolute Gasteiger partial charge is 0.383 e. The number of carbonyl (C=O) groups is 2. The van der Waals surface area contributed by atoms with Gasteiger partial charge in [-0.25, -0.2) is 0 Å². The first-order valence-electron chi connectivity index (χ1n) is 6.68. The molecule has 1 heterocycles. The SMILES string of the molecule is COCCN1C(=O)C(C(C)=O)c2cc(C#N)c(C(F)(F)F)cc21. The van der Waals surface area contributed by atoms with Crippen LogP contribution in [0.5, 0.6) is 0 Å². The highest BCUT2D eigenvalue weighted by Gasteiger charge is 2.43. The van der Waals surface area contributed by atoms with E-state index in [4.69, 9.17) is 10.00 Å². The summed E-state index contributed by atoms with van der Waals surface area (Å²) in [4.78, 5) is 25.2. The lowest BCUT2D eigenvalue weighted by molar-refractivity contribution is -0.137. The zero-order valence-electron chi connectivity index (χ0n) is 12.4. The molecule has 0 saturated carbocycles. The summed E-state index contributed by atoms with van der Waals surface area (Å²) in [7, 11) is 1.39. The number of halogens is 3. The van der Waals surface area contributed by atoms with Crippen molar-refractivity contribution < 1.29 is 27.5 Å². The van der Waals surface area contributed by atoms with Gasteiger partial charge in [0.05, 0.1) is 23.8 Å². The highest BCUT2D eigenvalue weighted by molar-refractivity contribution is 6.17. The second kappa shape index (κ2) is 6.01. The van der Waals surface area contributed by atoms with Crippen LogP contribution in [0.2, 0.25) is 0 Å². The number of nitrogens with zero attached hydrogens (tertiary/aromatic N) is 2. The Bertz CT molecular complexity index is 707. The highest BCUT2D eigenvalue weighted by Crippen LogP contribution is 2.43. The standard InChI is InChI=1S/C15H13F3N2O3/c1-8(21)13-10-5-9(7-19)11(15(16,17)18)6-12(10)20(14(13)22)3-4-23-2/h5-6,13H,3-4H2,1-2H3. The van der Waals surface area contributed by atoms with Crippen LogP contribution in [0, 0.1) is 11.3 Å². The molecule has 5 nitrogen and oxygen atoms in total. The van der Waals surface area contributed by atoms with Crippen LogP contribution in [-0.2, 0) is 20.5 Å². The summed E-state index contributed by atoms with van der Waals surface area (Å²) in [5.41, 5.74) is -1.61. The average molecular weight is 326 g/mol. The molecule has 0 aromatic heterocycles. The van der Waals surface area contributed by atoms with E-state index in [1.165, 1.54) is 20.1 Å². The van der Waals surface area contributed by atoms with E-state index in [2.05, 4.69) is 0 Å². The molecule has 1 unspecified atom stereocenters. The Morgan fingerprint density at radius 2 is 2.09 bits per heavy atom. The van der Waals surface area contributed by atoms with Gasteiger partial charge in [-0.2, -0.15) is 18.4 Å². The Hall–Kier alpha value is -2.40. The lowest BCUT2D eigenvalue weighted by Gasteiger charge is -2.18. The molecule has 122 valence electrons. The topological polar surface area (TPSA) is 70.4 Å². The molecule has 1 aliphatic rings. The average Bonchev–Trinajstić information content (AvgIpc) is 2.73. The summed E-state index contributed by atoms with van der Waals surface area (Å²) in [5.74, 6) is -2.27. The quantitative estimate of drug-likeness (QED) is 0.796. The van der Waals surface area contributed by atoms with E-state index in [0.717, 1.165) is 17.0 Å². The van der Waals surface area contributed by atoms with Gasteiger partial charge in [-0.3, -0.25) is 9.59 Å². The molecule has 0 radical (unpaired) electrons.